The number of nitrogens with one attached hydrogen (secondary N) is 1. The topological polar surface area (TPSA) is 32.3 Å². The highest BCUT2D eigenvalue weighted by Crippen LogP contribution is 2.26. The molecule has 0 aliphatic carbocycles. The maximum atomic E-state index is 10.5. The first kappa shape index (κ1) is 17.9. The van der Waals surface area contributed by atoms with Gasteiger partial charge in [-0.3, -0.25) is 0 Å². The van der Waals surface area contributed by atoms with Crippen molar-refractivity contribution >= 4 is 0 Å². The van der Waals surface area contributed by atoms with Crippen molar-refractivity contribution in [3.63, 3.8) is 0 Å². The summed E-state index contributed by atoms with van der Waals surface area (Å²) >= 11 is 0. The van der Waals surface area contributed by atoms with E-state index in [1.165, 1.54) is 25.7 Å². The fraction of sp³-hybridized carbons (Fsp3) is 1.00. The van der Waals surface area contributed by atoms with Gasteiger partial charge in [-0.15, -0.1) is 0 Å². The monoisotopic (exact) mass is 257 g/mol. The van der Waals surface area contributed by atoms with Gasteiger partial charge in [-0.1, -0.05) is 39.5 Å². The first-order valence-corrected chi connectivity index (χ1v) is 7.67. The Hall–Kier alpha value is -0.0800. The van der Waals surface area contributed by atoms with E-state index in [-0.39, 0.29) is 5.54 Å². The van der Waals surface area contributed by atoms with Crippen LogP contribution in [0, 0.1) is 5.92 Å². The van der Waals surface area contributed by atoms with Gasteiger partial charge in [0.2, 0.25) is 0 Å². The Labute approximate surface area is 115 Å². The second-order valence-corrected chi connectivity index (χ2v) is 7.04. The van der Waals surface area contributed by atoms with Crippen LogP contribution in [-0.2, 0) is 0 Å². The molecule has 0 rings (SSSR count). The largest absolute Gasteiger partial charge is 0.390 e. The van der Waals surface area contributed by atoms with Crippen LogP contribution in [0.2, 0.25) is 0 Å². The average molecular weight is 257 g/mol. The van der Waals surface area contributed by atoms with Crippen molar-refractivity contribution in [1.82, 2.24) is 5.32 Å². The van der Waals surface area contributed by atoms with Crippen LogP contribution in [0.25, 0.3) is 0 Å². The van der Waals surface area contributed by atoms with Crippen LogP contribution in [-0.4, -0.2) is 22.8 Å². The summed E-state index contributed by atoms with van der Waals surface area (Å²) in [4.78, 5) is 0. The van der Waals surface area contributed by atoms with E-state index in [4.69, 9.17) is 0 Å². The second kappa shape index (κ2) is 8.16. The zero-order valence-corrected chi connectivity index (χ0v) is 13.5. The van der Waals surface area contributed by atoms with Crippen molar-refractivity contribution in [2.24, 2.45) is 5.92 Å². The van der Waals surface area contributed by atoms with Gasteiger partial charge in [0.15, 0.2) is 0 Å². The van der Waals surface area contributed by atoms with Gasteiger partial charge in [0.05, 0.1) is 5.60 Å². The molecule has 2 N–H and O–H groups in total. The van der Waals surface area contributed by atoms with Crippen LogP contribution in [0.1, 0.15) is 80.1 Å². The fourth-order valence-electron chi connectivity index (χ4n) is 2.37. The van der Waals surface area contributed by atoms with Crippen molar-refractivity contribution in [3.8, 4) is 0 Å². The molecule has 0 aromatic carbocycles. The van der Waals surface area contributed by atoms with E-state index in [2.05, 4.69) is 39.9 Å². The van der Waals surface area contributed by atoms with Gasteiger partial charge >= 0.3 is 0 Å². The summed E-state index contributed by atoms with van der Waals surface area (Å²) in [6.45, 7) is 13.8. The van der Waals surface area contributed by atoms with Gasteiger partial charge in [0, 0.05) is 5.54 Å². The number of aliphatic hydroxyl groups is 1. The molecule has 0 aromatic rings. The third-order valence-electron chi connectivity index (χ3n) is 3.59. The van der Waals surface area contributed by atoms with Gasteiger partial charge < -0.3 is 10.4 Å². The first-order chi connectivity index (χ1) is 8.20. The number of hydrogen-bond acceptors (Lipinski definition) is 2. The number of hydrogen-bond donors (Lipinski definition) is 2. The second-order valence-electron chi connectivity index (χ2n) is 7.04. The third kappa shape index (κ3) is 9.90. The van der Waals surface area contributed by atoms with Crippen LogP contribution >= 0.6 is 0 Å². The highest BCUT2D eigenvalue weighted by atomic mass is 16.3. The predicted molar refractivity (Wildman–Crippen MR) is 80.9 cm³/mol. The van der Waals surface area contributed by atoms with Crippen LogP contribution in [0.4, 0.5) is 0 Å². The smallest absolute Gasteiger partial charge is 0.0634 e. The van der Waals surface area contributed by atoms with Crippen molar-refractivity contribution in [1.29, 1.82) is 0 Å². The molecule has 18 heavy (non-hydrogen) atoms. The van der Waals surface area contributed by atoms with Crippen molar-refractivity contribution < 1.29 is 5.11 Å². The zero-order valence-electron chi connectivity index (χ0n) is 13.5. The highest BCUT2D eigenvalue weighted by molar-refractivity contribution is 4.79. The van der Waals surface area contributed by atoms with Gasteiger partial charge in [0.25, 0.3) is 0 Å². The Morgan fingerprint density at radius 2 is 1.72 bits per heavy atom. The Bertz CT molecular complexity index is 206. The van der Waals surface area contributed by atoms with E-state index in [9.17, 15) is 5.11 Å². The van der Waals surface area contributed by atoms with Crippen LogP contribution in [0.5, 0.6) is 0 Å². The molecule has 0 saturated carbocycles. The predicted octanol–water partition coefficient (Wildman–Crippen LogP) is 4.12. The van der Waals surface area contributed by atoms with E-state index >= 15 is 0 Å². The minimum Gasteiger partial charge on any atom is -0.390 e. The summed E-state index contributed by atoms with van der Waals surface area (Å²) in [6.07, 6.45) is 6.76. The molecule has 2 heteroatoms. The molecule has 0 aromatic heterocycles. The van der Waals surface area contributed by atoms with Crippen molar-refractivity contribution in [2.45, 2.75) is 91.2 Å². The summed E-state index contributed by atoms with van der Waals surface area (Å²) in [5.41, 5.74) is -0.380. The molecule has 0 heterocycles. The Kier molecular flexibility index (Phi) is 8.13. The van der Waals surface area contributed by atoms with E-state index in [0.717, 1.165) is 19.4 Å². The van der Waals surface area contributed by atoms with Gasteiger partial charge in [-0.2, -0.15) is 0 Å². The molecule has 0 fully saturated rings. The van der Waals surface area contributed by atoms with Gasteiger partial charge in [-0.05, 0) is 53.0 Å². The van der Waals surface area contributed by atoms with Crippen LogP contribution in [0.3, 0.4) is 0 Å². The number of rotatable bonds is 9. The minimum atomic E-state index is -0.521. The SMILES string of the molecule is CCCCC(CC)CC(C)(O)CCNC(C)(C)C. The maximum Gasteiger partial charge on any atom is 0.0634 e. The summed E-state index contributed by atoms with van der Waals surface area (Å²) < 4.78 is 0. The average Bonchev–Trinajstić information content (AvgIpc) is 2.21. The lowest BCUT2D eigenvalue weighted by atomic mass is 9.85. The molecule has 0 aliphatic heterocycles. The van der Waals surface area contributed by atoms with Crippen molar-refractivity contribution in [2.75, 3.05) is 6.54 Å². The van der Waals surface area contributed by atoms with Crippen LogP contribution in [0.15, 0.2) is 0 Å². The molecule has 0 amide bonds. The van der Waals surface area contributed by atoms with Gasteiger partial charge in [0.1, 0.15) is 0 Å². The molecule has 0 bridgehead atoms. The maximum absolute atomic E-state index is 10.5. The highest BCUT2D eigenvalue weighted by Gasteiger charge is 2.24. The Balaban J connectivity index is 4.03. The van der Waals surface area contributed by atoms with Gasteiger partial charge in [-0.25, -0.2) is 0 Å². The number of unbranched alkanes of at least 4 members (excludes halogenated alkanes) is 1. The Morgan fingerprint density at radius 1 is 1.11 bits per heavy atom. The standard InChI is InChI=1S/C16H35NO/c1-7-9-10-14(8-2)13-16(6,18)11-12-17-15(3,4)5/h14,17-18H,7-13H2,1-6H3. The quantitative estimate of drug-likeness (QED) is 0.651. The minimum absolute atomic E-state index is 0.141. The first-order valence-electron chi connectivity index (χ1n) is 7.67. The summed E-state index contributed by atoms with van der Waals surface area (Å²) in [5, 5.41) is 13.9. The molecule has 0 radical (unpaired) electrons. The lowest BCUT2D eigenvalue weighted by Crippen LogP contribution is -2.40. The normalized spacial score (nSPS) is 17.5. The molecular formula is C16H35NO. The lowest BCUT2D eigenvalue weighted by Gasteiger charge is -2.30. The lowest BCUT2D eigenvalue weighted by molar-refractivity contribution is 0.0222. The van der Waals surface area contributed by atoms with E-state index in [1.54, 1.807) is 0 Å². The summed E-state index contributed by atoms with van der Waals surface area (Å²) in [5.74, 6) is 0.676. The molecule has 0 spiro atoms. The van der Waals surface area contributed by atoms with E-state index < -0.39 is 5.60 Å². The van der Waals surface area contributed by atoms with Crippen LogP contribution < -0.4 is 5.32 Å². The fourth-order valence-corrected chi connectivity index (χ4v) is 2.37. The van der Waals surface area contributed by atoms with E-state index in [0.29, 0.717) is 5.92 Å². The molecule has 110 valence electrons. The molecule has 2 atom stereocenters. The van der Waals surface area contributed by atoms with Crippen molar-refractivity contribution in [3.05, 3.63) is 0 Å². The molecular weight excluding hydrogens is 222 g/mol. The molecule has 0 saturated heterocycles. The zero-order chi connectivity index (χ0) is 14.2. The summed E-state index contributed by atoms with van der Waals surface area (Å²) in [6, 6.07) is 0. The van der Waals surface area contributed by atoms with E-state index in [1.807, 2.05) is 6.92 Å². The molecule has 2 nitrogen and oxygen atoms in total. The molecule has 0 aliphatic rings. The Morgan fingerprint density at radius 3 is 2.17 bits per heavy atom. The third-order valence-corrected chi connectivity index (χ3v) is 3.59. The summed E-state index contributed by atoms with van der Waals surface area (Å²) in [7, 11) is 0. The molecule has 2 unspecified atom stereocenters.